The van der Waals surface area contributed by atoms with Crippen molar-refractivity contribution in [3.63, 3.8) is 0 Å². The number of carboxylic acid groups (broad SMARTS) is 2. The molecule has 1 unspecified atom stereocenters. The Morgan fingerprint density at radius 3 is 2.13 bits per heavy atom. The molecule has 2 atom stereocenters. The molecule has 2 aromatic rings. The summed E-state index contributed by atoms with van der Waals surface area (Å²) in [7, 11) is 0. The van der Waals surface area contributed by atoms with Gasteiger partial charge in [-0.25, -0.2) is 4.79 Å². The van der Waals surface area contributed by atoms with E-state index < -0.39 is 34.8 Å². The van der Waals surface area contributed by atoms with Crippen molar-refractivity contribution in [1.29, 1.82) is 0 Å². The summed E-state index contributed by atoms with van der Waals surface area (Å²) in [5.74, 6) is -3.64. The Kier molecular flexibility index (Phi) is 9.01. The second-order valence-corrected chi connectivity index (χ2v) is 10.1. The second-order valence-electron chi connectivity index (χ2n) is 9.33. The molecule has 12 heteroatoms. The van der Waals surface area contributed by atoms with Gasteiger partial charge in [-0.3, -0.25) is 19.2 Å². The highest BCUT2D eigenvalue weighted by molar-refractivity contribution is 6.40. The highest BCUT2D eigenvalue weighted by Gasteiger charge is 2.40. The van der Waals surface area contributed by atoms with Crippen molar-refractivity contribution in [1.82, 2.24) is 10.6 Å². The van der Waals surface area contributed by atoms with Gasteiger partial charge in [0.2, 0.25) is 11.8 Å². The summed E-state index contributed by atoms with van der Waals surface area (Å²) in [5.41, 5.74) is -1.91. The van der Waals surface area contributed by atoms with E-state index >= 15 is 0 Å². The predicted molar refractivity (Wildman–Crippen MR) is 140 cm³/mol. The molecule has 38 heavy (non-hydrogen) atoms. The summed E-state index contributed by atoms with van der Waals surface area (Å²) in [6, 6.07) is 10.6. The van der Waals surface area contributed by atoms with Crippen LogP contribution in [0.1, 0.15) is 61.4 Å². The van der Waals surface area contributed by atoms with Gasteiger partial charge in [0.05, 0.1) is 15.6 Å². The van der Waals surface area contributed by atoms with Crippen LogP contribution in [-0.4, -0.2) is 45.4 Å². The van der Waals surface area contributed by atoms with Crippen LogP contribution in [0, 0.1) is 0 Å². The molecule has 0 bridgehead atoms. The Morgan fingerprint density at radius 2 is 1.61 bits per heavy atom. The standard InChI is InChI=1S/C26H27Cl2N3O7/c1-25(24(37)38,30-19(32)9-12-26(14-11-21(34)35)13-10-20(33)31-26)15-5-7-16(8-6-15)29-23(36)22-17(27)3-2-4-18(22)28/h2-8H,9-14H2,1H3,(H,29,36)(H,30,32)(H,31,33)(H,34,35)(H,37,38)/t25-,26?/m0/s1. The van der Waals surface area contributed by atoms with Gasteiger partial charge in [0.1, 0.15) is 0 Å². The van der Waals surface area contributed by atoms with Gasteiger partial charge in [-0.1, -0.05) is 41.4 Å². The minimum Gasteiger partial charge on any atom is -0.481 e. The number of carbonyl (C=O) groups is 5. The number of amides is 3. The molecule has 10 nitrogen and oxygen atoms in total. The average molecular weight is 564 g/mol. The van der Waals surface area contributed by atoms with Gasteiger partial charge in [0.25, 0.3) is 5.91 Å². The van der Waals surface area contributed by atoms with Gasteiger partial charge >= 0.3 is 11.9 Å². The smallest absolute Gasteiger partial charge is 0.333 e. The molecule has 202 valence electrons. The van der Waals surface area contributed by atoms with Crippen LogP contribution in [0.15, 0.2) is 42.5 Å². The van der Waals surface area contributed by atoms with E-state index in [9.17, 15) is 29.1 Å². The molecule has 0 spiro atoms. The monoisotopic (exact) mass is 563 g/mol. The third-order valence-electron chi connectivity index (χ3n) is 6.61. The van der Waals surface area contributed by atoms with E-state index in [-0.39, 0.29) is 59.2 Å². The minimum atomic E-state index is -1.79. The molecule has 1 fully saturated rings. The number of hydrogen-bond acceptors (Lipinski definition) is 5. The number of carboxylic acids is 2. The fourth-order valence-corrected chi connectivity index (χ4v) is 4.93. The highest BCUT2D eigenvalue weighted by Crippen LogP contribution is 2.31. The maximum atomic E-state index is 12.8. The Morgan fingerprint density at radius 1 is 1.00 bits per heavy atom. The molecule has 0 radical (unpaired) electrons. The number of anilines is 1. The van der Waals surface area contributed by atoms with Gasteiger partial charge in [0.15, 0.2) is 5.54 Å². The van der Waals surface area contributed by atoms with E-state index in [0.29, 0.717) is 12.1 Å². The number of rotatable bonds is 11. The van der Waals surface area contributed by atoms with Gasteiger partial charge in [-0.2, -0.15) is 0 Å². The average Bonchev–Trinajstić information content (AvgIpc) is 3.22. The number of nitrogens with one attached hydrogen (secondary N) is 3. The Hall–Kier alpha value is -3.63. The Balaban J connectivity index is 1.69. The summed E-state index contributed by atoms with van der Waals surface area (Å²) in [5, 5.41) is 27.3. The van der Waals surface area contributed by atoms with Crippen molar-refractivity contribution in [3.8, 4) is 0 Å². The number of aliphatic carboxylic acids is 2. The van der Waals surface area contributed by atoms with Gasteiger partial charge < -0.3 is 26.2 Å². The van der Waals surface area contributed by atoms with Crippen LogP contribution in [0.25, 0.3) is 0 Å². The minimum absolute atomic E-state index is 0.0992. The third-order valence-corrected chi connectivity index (χ3v) is 7.24. The molecule has 1 saturated heterocycles. The van der Waals surface area contributed by atoms with E-state index in [2.05, 4.69) is 16.0 Å². The normalized spacial score (nSPS) is 18.2. The SMILES string of the molecule is C[C@@](NC(=O)CCC1(CCC(=O)O)CCC(=O)N1)(C(=O)O)c1ccc(NC(=O)c2c(Cl)cccc2Cl)cc1. The molecule has 3 rings (SSSR count). The van der Waals surface area contributed by atoms with Crippen LogP contribution in [-0.2, 0) is 24.7 Å². The molecule has 1 aliphatic rings. The first-order valence-corrected chi connectivity index (χ1v) is 12.5. The van der Waals surface area contributed by atoms with Crippen LogP contribution in [0.4, 0.5) is 5.69 Å². The van der Waals surface area contributed by atoms with Crippen molar-refractivity contribution in [2.24, 2.45) is 0 Å². The van der Waals surface area contributed by atoms with E-state index in [1.165, 1.54) is 43.3 Å². The first kappa shape index (κ1) is 28.9. The molecular formula is C26H27Cl2N3O7. The lowest BCUT2D eigenvalue weighted by molar-refractivity contribution is -0.147. The van der Waals surface area contributed by atoms with E-state index in [1.807, 2.05) is 0 Å². The van der Waals surface area contributed by atoms with Crippen LogP contribution < -0.4 is 16.0 Å². The molecule has 2 aromatic carbocycles. The lowest BCUT2D eigenvalue weighted by Gasteiger charge is -2.30. The summed E-state index contributed by atoms with van der Waals surface area (Å²) in [6.07, 6.45) is 0.692. The van der Waals surface area contributed by atoms with Crippen LogP contribution >= 0.6 is 23.2 Å². The number of hydrogen-bond donors (Lipinski definition) is 5. The largest absolute Gasteiger partial charge is 0.481 e. The topological polar surface area (TPSA) is 162 Å². The zero-order valence-electron chi connectivity index (χ0n) is 20.5. The maximum Gasteiger partial charge on any atom is 0.333 e. The van der Waals surface area contributed by atoms with E-state index in [0.717, 1.165) is 0 Å². The first-order chi connectivity index (χ1) is 17.8. The van der Waals surface area contributed by atoms with Crippen molar-refractivity contribution in [2.75, 3.05) is 5.32 Å². The molecule has 0 saturated carbocycles. The van der Waals surface area contributed by atoms with Gasteiger partial charge in [-0.05, 0) is 56.0 Å². The first-order valence-electron chi connectivity index (χ1n) is 11.8. The molecule has 0 aliphatic carbocycles. The highest BCUT2D eigenvalue weighted by atomic mass is 35.5. The number of benzene rings is 2. The molecule has 1 heterocycles. The molecular weight excluding hydrogens is 537 g/mol. The quantitative estimate of drug-likeness (QED) is 0.276. The van der Waals surface area contributed by atoms with Crippen molar-refractivity contribution in [3.05, 3.63) is 63.6 Å². The Bertz CT molecular complexity index is 1250. The van der Waals surface area contributed by atoms with Crippen molar-refractivity contribution >= 4 is 58.5 Å². The number of halogens is 2. The summed E-state index contributed by atoms with van der Waals surface area (Å²) >= 11 is 12.2. The van der Waals surface area contributed by atoms with Crippen molar-refractivity contribution in [2.45, 2.75) is 56.5 Å². The fourth-order valence-electron chi connectivity index (χ4n) is 4.36. The maximum absolute atomic E-state index is 12.8. The molecule has 1 aliphatic heterocycles. The summed E-state index contributed by atoms with van der Waals surface area (Å²) in [6.45, 7) is 1.34. The van der Waals surface area contributed by atoms with Gasteiger partial charge in [0, 0.05) is 30.5 Å². The van der Waals surface area contributed by atoms with Crippen LogP contribution in [0.3, 0.4) is 0 Å². The fraction of sp³-hybridized carbons (Fsp3) is 0.346. The lowest BCUT2D eigenvalue weighted by atomic mass is 9.86. The van der Waals surface area contributed by atoms with Crippen LogP contribution in [0.2, 0.25) is 10.0 Å². The van der Waals surface area contributed by atoms with E-state index in [4.69, 9.17) is 28.3 Å². The number of carbonyl (C=O) groups excluding carboxylic acids is 3. The zero-order chi connectivity index (χ0) is 28.1. The zero-order valence-corrected chi connectivity index (χ0v) is 22.0. The second kappa shape index (κ2) is 11.8. The predicted octanol–water partition coefficient (Wildman–Crippen LogP) is 3.96. The summed E-state index contributed by atoms with van der Waals surface area (Å²) < 4.78 is 0. The molecule has 0 aromatic heterocycles. The third kappa shape index (κ3) is 6.81. The van der Waals surface area contributed by atoms with E-state index in [1.54, 1.807) is 6.07 Å². The molecule has 5 N–H and O–H groups in total. The summed E-state index contributed by atoms with van der Waals surface area (Å²) in [4.78, 5) is 60.4. The van der Waals surface area contributed by atoms with Crippen LogP contribution in [0.5, 0.6) is 0 Å². The van der Waals surface area contributed by atoms with Crippen molar-refractivity contribution < 1.29 is 34.2 Å². The molecule has 3 amide bonds. The van der Waals surface area contributed by atoms with Gasteiger partial charge in [-0.15, -0.1) is 0 Å². The lowest BCUT2D eigenvalue weighted by Crippen LogP contribution is -2.50. The Labute approximate surface area is 228 Å².